The van der Waals surface area contributed by atoms with Gasteiger partial charge in [-0.15, -0.1) is 16.7 Å². The number of hydrogen-bond acceptors (Lipinski definition) is 2. The second-order valence-corrected chi connectivity index (χ2v) is 4.53. The van der Waals surface area contributed by atoms with Crippen LogP contribution in [-0.2, 0) is 12.6 Å². The summed E-state index contributed by atoms with van der Waals surface area (Å²) in [6.07, 6.45) is -1.75. The maximum Gasteiger partial charge on any atom is 0.435 e. The molecule has 0 N–H and O–H groups in total. The van der Waals surface area contributed by atoms with E-state index in [-0.39, 0.29) is 5.38 Å². The maximum absolute atomic E-state index is 12.2. The molecule has 0 radical (unpaired) electrons. The summed E-state index contributed by atoms with van der Waals surface area (Å²) in [4.78, 5) is 0. The number of hydrogen-bond donors (Lipinski definition) is 0. The Balaban J connectivity index is 2.01. The second-order valence-electron chi connectivity index (χ2n) is 3.97. The summed E-state index contributed by atoms with van der Waals surface area (Å²) in [5.74, 6) is 0.491. The van der Waals surface area contributed by atoms with Crippen LogP contribution in [0.25, 0.3) is 0 Å². The molecule has 1 aromatic rings. The zero-order valence-electron chi connectivity index (χ0n) is 8.34. The van der Waals surface area contributed by atoms with Crippen LogP contribution in [0.15, 0.2) is 12.1 Å². The summed E-state index contributed by atoms with van der Waals surface area (Å²) in [7, 11) is 0. The Morgan fingerprint density at radius 3 is 2.44 bits per heavy atom. The Kier molecular flexibility index (Phi) is 3.06. The molecule has 1 atom stereocenters. The van der Waals surface area contributed by atoms with E-state index in [0.717, 1.165) is 18.9 Å². The van der Waals surface area contributed by atoms with Crippen molar-refractivity contribution in [3.63, 3.8) is 0 Å². The predicted octanol–water partition coefficient (Wildman–Crippen LogP) is 3.06. The highest BCUT2D eigenvalue weighted by Crippen LogP contribution is 2.37. The van der Waals surface area contributed by atoms with Crippen molar-refractivity contribution in [2.45, 2.75) is 30.8 Å². The summed E-state index contributed by atoms with van der Waals surface area (Å²) in [5, 5.41) is 6.65. The van der Waals surface area contributed by atoms with Crippen LogP contribution in [0.2, 0.25) is 0 Å². The summed E-state index contributed by atoms with van der Waals surface area (Å²) in [6.45, 7) is 0. The van der Waals surface area contributed by atoms with Crippen LogP contribution < -0.4 is 0 Å². The fourth-order valence-electron chi connectivity index (χ4n) is 1.44. The predicted molar refractivity (Wildman–Crippen MR) is 53.1 cm³/mol. The third-order valence-electron chi connectivity index (χ3n) is 2.55. The van der Waals surface area contributed by atoms with Crippen LogP contribution in [0, 0.1) is 5.92 Å². The minimum absolute atomic E-state index is 0.0361. The van der Waals surface area contributed by atoms with E-state index < -0.39 is 11.9 Å². The lowest BCUT2D eigenvalue weighted by Crippen LogP contribution is -2.12. The van der Waals surface area contributed by atoms with Crippen molar-refractivity contribution in [3.8, 4) is 0 Å². The molecule has 6 heteroatoms. The number of alkyl halides is 4. The SMILES string of the molecule is FC(F)(F)c1ccc(CC(Cl)C2CC2)nn1. The van der Waals surface area contributed by atoms with Crippen LogP contribution in [0.4, 0.5) is 13.2 Å². The first-order chi connectivity index (χ1) is 7.47. The van der Waals surface area contributed by atoms with E-state index in [2.05, 4.69) is 10.2 Å². The molecule has 1 saturated carbocycles. The first kappa shape index (κ1) is 11.6. The van der Waals surface area contributed by atoms with Gasteiger partial charge in [-0.05, 0) is 30.9 Å². The van der Waals surface area contributed by atoms with Crippen molar-refractivity contribution < 1.29 is 13.2 Å². The van der Waals surface area contributed by atoms with Gasteiger partial charge in [0.05, 0.1) is 5.69 Å². The van der Waals surface area contributed by atoms with Crippen LogP contribution in [0.5, 0.6) is 0 Å². The highest BCUT2D eigenvalue weighted by Gasteiger charge is 2.33. The molecule has 2 rings (SSSR count). The largest absolute Gasteiger partial charge is 0.435 e. The maximum atomic E-state index is 12.2. The van der Waals surface area contributed by atoms with E-state index in [9.17, 15) is 13.2 Å². The summed E-state index contributed by atoms with van der Waals surface area (Å²) < 4.78 is 36.6. The topological polar surface area (TPSA) is 25.8 Å². The first-order valence-electron chi connectivity index (χ1n) is 5.00. The van der Waals surface area contributed by atoms with Gasteiger partial charge in [0.2, 0.25) is 0 Å². The molecule has 0 aromatic carbocycles. The van der Waals surface area contributed by atoms with Gasteiger partial charge >= 0.3 is 6.18 Å². The molecule has 1 aliphatic carbocycles. The van der Waals surface area contributed by atoms with E-state index in [1.807, 2.05) is 0 Å². The monoisotopic (exact) mass is 250 g/mol. The minimum atomic E-state index is -4.43. The molecule has 0 aliphatic heterocycles. The van der Waals surface area contributed by atoms with E-state index >= 15 is 0 Å². The Morgan fingerprint density at radius 2 is 2.00 bits per heavy atom. The van der Waals surface area contributed by atoms with Gasteiger partial charge in [-0.1, -0.05) is 0 Å². The summed E-state index contributed by atoms with van der Waals surface area (Å²) in [5.41, 5.74) is -0.450. The lowest BCUT2D eigenvalue weighted by Gasteiger charge is -2.08. The molecule has 1 heterocycles. The van der Waals surface area contributed by atoms with Crippen LogP contribution in [-0.4, -0.2) is 15.6 Å². The Labute approximate surface area is 95.8 Å². The standard InChI is InChI=1S/C10H10ClF3N2/c11-8(6-1-2-6)5-7-3-4-9(16-15-7)10(12,13)14/h3-4,6,8H,1-2,5H2. The molecular formula is C10H10ClF3N2. The molecular weight excluding hydrogens is 241 g/mol. The quantitative estimate of drug-likeness (QED) is 0.771. The number of rotatable bonds is 3. The zero-order chi connectivity index (χ0) is 11.8. The second kappa shape index (κ2) is 4.20. The average molecular weight is 251 g/mol. The lowest BCUT2D eigenvalue weighted by molar-refractivity contribution is -0.141. The highest BCUT2D eigenvalue weighted by molar-refractivity contribution is 6.21. The van der Waals surface area contributed by atoms with Gasteiger partial charge in [-0.3, -0.25) is 0 Å². The molecule has 0 bridgehead atoms. The first-order valence-corrected chi connectivity index (χ1v) is 5.44. The highest BCUT2D eigenvalue weighted by atomic mass is 35.5. The minimum Gasteiger partial charge on any atom is -0.164 e. The van der Waals surface area contributed by atoms with Gasteiger partial charge in [0, 0.05) is 11.8 Å². The average Bonchev–Trinajstić information content (AvgIpc) is 3.00. The van der Waals surface area contributed by atoms with E-state index in [1.165, 1.54) is 6.07 Å². The Hall–Kier alpha value is -0.840. The molecule has 88 valence electrons. The normalized spacial score (nSPS) is 18.5. The van der Waals surface area contributed by atoms with Gasteiger partial charge in [0.15, 0.2) is 5.69 Å². The van der Waals surface area contributed by atoms with E-state index in [1.54, 1.807) is 0 Å². The molecule has 0 saturated heterocycles. The van der Waals surface area contributed by atoms with Crippen molar-refractivity contribution in [1.29, 1.82) is 0 Å². The van der Waals surface area contributed by atoms with Crippen LogP contribution in [0.3, 0.4) is 0 Å². The van der Waals surface area contributed by atoms with Gasteiger partial charge in [0.1, 0.15) is 0 Å². The Bertz CT molecular complexity index is 359. The smallest absolute Gasteiger partial charge is 0.164 e. The van der Waals surface area contributed by atoms with Crippen LogP contribution in [0.1, 0.15) is 24.2 Å². The third kappa shape index (κ3) is 2.84. The lowest BCUT2D eigenvalue weighted by atomic mass is 10.1. The van der Waals surface area contributed by atoms with Gasteiger partial charge in [-0.25, -0.2) is 0 Å². The molecule has 0 spiro atoms. The van der Waals surface area contributed by atoms with Crippen molar-refractivity contribution >= 4 is 11.6 Å². The molecule has 16 heavy (non-hydrogen) atoms. The number of halogens is 4. The van der Waals surface area contributed by atoms with Crippen molar-refractivity contribution in [2.75, 3.05) is 0 Å². The fraction of sp³-hybridized carbons (Fsp3) is 0.600. The third-order valence-corrected chi connectivity index (χ3v) is 3.06. The molecule has 1 unspecified atom stereocenters. The van der Waals surface area contributed by atoms with E-state index in [4.69, 9.17) is 11.6 Å². The number of nitrogens with zero attached hydrogens (tertiary/aromatic N) is 2. The molecule has 1 fully saturated rings. The molecule has 2 nitrogen and oxygen atoms in total. The fourth-order valence-corrected chi connectivity index (χ4v) is 1.85. The molecule has 1 aromatic heterocycles. The zero-order valence-corrected chi connectivity index (χ0v) is 9.09. The van der Waals surface area contributed by atoms with E-state index in [0.29, 0.717) is 18.0 Å². The van der Waals surface area contributed by atoms with Crippen molar-refractivity contribution in [2.24, 2.45) is 5.92 Å². The van der Waals surface area contributed by atoms with Crippen molar-refractivity contribution in [1.82, 2.24) is 10.2 Å². The molecule has 0 amide bonds. The Morgan fingerprint density at radius 1 is 1.31 bits per heavy atom. The van der Waals surface area contributed by atoms with Gasteiger partial charge in [0.25, 0.3) is 0 Å². The summed E-state index contributed by atoms with van der Waals surface area (Å²) in [6, 6.07) is 2.28. The number of aromatic nitrogens is 2. The molecule has 1 aliphatic rings. The van der Waals surface area contributed by atoms with Crippen LogP contribution >= 0.6 is 11.6 Å². The van der Waals surface area contributed by atoms with Gasteiger partial charge in [-0.2, -0.15) is 18.3 Å². The summed E-state index contributed by atoms with van der Waals surface area (Å²) >= 11 is 6.05. The van der Waals surface area contributed by atoms with Crippen molar-refractivity contribution in [3.05, 3.63) is 23.5 Å². The van der Waals surface area contributed by atoms with Gasteiger partial charge < -0.3 is 0 Å².